The lowest BCUT2D eigenvalue weighted by atomic mass is 9.98. The number of nitrogens with zero attached hydrogens (tertiary/aromatic N) is 4. The number of imidazole rings is 1. The van der Waals surface area contributed by atoms with Gasteiger partial charge in [-0.1, -0.05) is 19.0 Å². The second kappa shape index (κ2) is 6.80. The molecule has 1 fully saturated rings. The van der Waals surface area contributed by atoms with Gasteiger partial charge in [-0.3, -0.25) is 0 Å². The fourth-order valence-electron chi connectivity index (χ4n) is 2.72. The highest BCUT2D eigenvalue weighted by molar-refractivity contribution is 5.74. The number of piperidine rings is 1. The highest BCUT2D eigenvalue weighted by Gasteiger charge is 2.26. The van der Waals surface area contributed by atoms with E-state index < -0.39 is 0 Å². The van der Waals surface area contributed by atoms with Crippen LogP contribution in [0.4, 0.5) is 4.79 Å². The van der Waals surface area contributed by atoms with Crippen LogP contribution in [0.3, 0.4) is 0 Å². The van der Waals surface area contributed by atoms with Gasteiger partial charge in [0.2, 0.25) is 5.89 Å². The topological polar surface area (TPSA) is 99.9 Å². The second-order valence-corrected chi connectivity index (χ2v) is 6.12. The molecule has 2 amide bonds. The zero-order valence-electron chi connectivity index (χ0n) is 13.5. The Bertz CT molecular complexity index is 636. The summed E-state index contributed by atoms with van der Waals surface area (Å²) in [6.07, 6.45) is 5.57. The van der Waals surface area contributed by atoms with E-state index in [1.54, 1.807) is 6.20 Å². The molecule has 0 aliphatic carbocycles. The van der Waals surface area contributed by atoms with Crippen molar-refractivity contribution in [3.63, 3.8) is 0 Å². The van der Waals surface area contributed by atoms with E-state index in [4.69, 9.17) is 4.52 Å². The van der Waals surface area contributed by atoms with Crippen LogP contribution in [0, 0.1) is 0 Å². The molecule has 2 aromatic rings. The fourth-order valence-corrected chi connectivity index (χ4v) is 2.72. The Balaban J connectivity index is 1.53. The number of hydrogen-bond acceptors (Lipinski definition) is 5. The molecular weight excluding hydrogens is 296 g/mol. The van der Waals surface area contributed by atoms with Crippen LogP contribution < -0.4 is 5.32 Å². The molecular formula is C15H22N6O2. The molecule has 0 bridgehead atoms. The molecule has 0 unspecified atom stereocenters. The van der Waals surface area contributed by atoms with Gasteiger partial charge in [0.1, 0.15) is 5.82 Å². The monoisotopic (exact) mass is 318 g/mol. The summed E-state index contributed by atoms with van der Waals surface area (Å²) in [5.41, 5.74) is 0. The standard InChI is InChI=1S/C15H22N6O2/c1-10(2)13-19-12(23-20-13)8-18-15(22)21-7-3-4-11(9-21)14-16-5-6-17-14/h5-6,10-11H,3-4,7-9H2,1-2H3,(H,16,17)(H,18,22)/t11-/m0/s1. The summed E-state index contributed by atoms with van der Waals surface area (Å²) < 4.78 is 5.13. The zero-order chi connectivity index (χ0) is 16.2. The highest BCUT2D eigenvalue weighted by Crippen LogP contribution is 2.24. The van der Waals surface area contributed by atoms with E-state index in [2.05, 4.69) is 25.4 Å². The number of carbonyl (C=O) groups excluding carboxylic acids is 1. The quantitative estimate of drug-likeness (QED) is 0.898. The third-order valence-electron chi connectivity index (χ3n) is 4.01. The summed E-state index contributed by atoms with van der Waals surface area (Å²) >= 11 is 0. The number of amides is 2. The van der Waals surface area contributed by atoms with Crippen molar-refractivity contribution in [2.24, 2.45) is 0 Å². The van der Waals surface area contributed by atoms with E-state index in [1.807, 2.05) is 24.9 Å². The van der Waals surface area contributed by atoms with Crippen LogP contribution in [0.1, 0.15) is 56.1 Å². The number of nitrogens with one attached hydrogen (secondary N) is 2. The van der Waals surface area contributed by atoms with Gasteiger partial charge in [0.05, 0.1) is 6.54 Å². The van der Waals surface area contributed by atoms with Gasteiger partial charge < -0.3 is 19.7 Å². The number of aromatic nitrogens is 4. The number of aromatic amines is 1. The van der Waals surface area contributed by atoms with Gasteiger partial charge in [-0.2, -0.15) is 4.98 Å². The van der Waals surface area contributed by atoms with Crippen LogP contribution in [0.25, 0.3) is 0 Å². The number of carbonyl (C=O) groups is 1. The zero-order valence-corrected chi connectivity index (χ0v) is 13.5. The minimum absolute atomic E-state index is 0.106. The van der Waals surface area contributed by atoms with Crippen molar-refractivity contribution in [2.75, 3.05) is 13.1 Å². The minimum Gasteiger partial charge on any atom is -0.348 e. The van der Waals surface area contributed by atoms with Crippen LogP contribution in [0.5, 0.6) is 0 Å². The predicted molar refractivity (Wildman–Crippen MR) is 82.8 cm³/mol. The van der Waals surface area contributed by atoms with Crippen LogP contribution in [-0.2, 0) is 6.54 Å². The maximum absolute atomic E-state index is 12.3. The van der Waals surface area contributed by atoms with Crippen LogP contribution in [0.15, 0.2) is 16.9 Å². The van der Waals surface area contributed by atoms with Crippen LogP contribution in [0.2, 0.25) is 0 Å². The average Bonchev–Trinajstić information content (AvgIpc) is 3.24. The molecule has 1 aliphatic heterocycles. The molecule has 124 valence electrons. The van der Waals surface area contributed by atoms with Crippen molar-refractivity contribution >= 4 is 6.03 Å². The molecule has 8 heteroatoms. The Labute approximate surface area is 134 Å². The second-order valence-electron chi connectivity index (χ2n) is 6.12. The molecule has 3 rings (SSSR count). The normalized spacial score (nSPS) is 18.4. The number of urea groups is 1. The van der Waals surface area contributed by atoms with Crippen molar-refractivity contribution in [2.45, 2.75) is 45.1 Å². The molecule has 0 aromatic carbocycles. The smallest absolute Gasteiger partial charge is 0.317 e. The molecule has 2 aromatic heterocycles. The first-order chi connectivity index (χ1) is 11.1. The summed E-state index contributed by atoms with van der Waals surface area (Å²) in [7, 11) is 0. The summed E-state index contributed by atoms with van der Waals surface area (Å²) in [5, 5.41) is 6.74. The first-order valence-corrected chi connectivity index (χ1v) is 7.98. The third kappa shape index (κ3) is 3.69. The van der Waals surface area contributed by atoms with Gasteiger partial charge in [0.15, 0.2) is 5.82 Å². The van der Waals surface area contributed by atoms with E-state index in [1.165, 1.54) is 0 Å². The molecule has 1 atom stereocenters. The third-order valence-corrected chi connectivity index (χ3v) is 4.01. The van der Waals surface area contributed by atoms with E-state index in [-0.39, 0.29) is 24.4 Å². The molecule has 23 heavy (non-hydrogen) atoms. The Morgan fingerprint density at radius 1 is 1.57 bits per heavy atom. The van der Waals surface area contributed by atoms with Gasteiger partial charge in [0.25, 0.3) is 0 Å². The first-order valence-electron chi connectivity index (χ1n) is 7.98. The molecule has 0 saturated carbocycles. The van der Waals surface area contributed by atoms with Gasteiger partial charge in [-0.15, -0.1) is 0 Å². The lowest BCUT2D eigenvalue weighted by molar-refractivity contribution is 0.176. The molecule has 0 radical (unpaired) electrons. The minimum atomic E-state index is -0.106. The Kier molecular flexibility index (Phi) is 4.59. The SMILES string of the molecule is CC(C)c1noc(CNC(=O)N2CCC[C@H](c3ncc[nH]3)C2)n1. The van der Waals surface area contributed by atoms with Gasteiger partial charge >= 0.3 is 6.03 Å². The fraction of sp³-hybridized carbons (Fsp3) is 0.600. The molecule has 0 spiro atoms. The van der Waals surface area contributed by atoms with E-state index in [0.29, 0.717) is 18.3 Å². The Hall–Kier alpha value is -2.38. The number of H-pyrrole nitrogens is 1. The van der Waals surface area contributed by atoms with Gasteiger partial charge in [-0.05, 0) is 12.8 Å². The Morgan fingerprint density at radius 2 is 2.43 bits per heavy atom. The van der Waals surface area contributed by atoms with Crippen molar-refractivity contribution in [3.8, 4) is 0 Å². The molecule has 2 N–H and O–H groups in total. The summed E-state index contributed by atoms with van der Waals surface area (Å²) in [4.78, 5) is 25.8. The van der Waals surface area contributed by atoms with Crippen molar-refractivity contribution in [3.05, 3.63) is 29.9 Å². The molecule has 8 nitrogen and oxygen atoms in total. The van der Waals surface area contributed by atoms with Crippen LogP contribution >= 0.6 is 0 Å². The maximum atomic E-state index is 12.3. The molecule has 3 heterocycles. The lowest BCUT2D eigenvalue weighted by Crippen LogP contribution is -2.44. The highest BCUT2D eigenvalue weighted by atomic mass is 16.5. The lowest BCUT2D eigenvalue weighted by Gasteiger charge is -2.31. The summed E-state index contributed by atoms with van der Waals surface area (Å²) in [6, 6.07) is -0.106. The van der Waals surface area contributed by atoms with Crippen molar-refractivity contribution in [1.82, 2.24) is 30.3 Å². The molecule has 1 saturated heterocycles. The van der Waals surface area contributed by atoms with Crippen molar-refractivity contribution < 1.29 is 9.32 Å². The number of likely N-dealkylation sites (tertiary alicyclic amines) is 1. The molecule has 1 aliphatic rings. The van der Waals surface area contributed by atoms with E-state index >= 15 is 0 Å². The number of hydrogen-bond donors (Lipinski definition) is 2. The summed E-state index contributed by atoms with van der Waals surface area (Å²) in [5.74, 6) is 2.51. The van der Waals surface area contributed by atoms with Gasteiger partial charge in [0, 0.05) is 37.3 Å². The first kappa shape index (κ1) is 15.5. The van der Waals surface area contributed by atoms with Crippen molar-refractivity contribution in [1.29, 1.82) is 0 Å². The largest absolute Gasteiger partial charge is 0.348 e. The average molecular weight is 318 g/mol. The van der Waals surface area contributed by atoms with E-state index in [9.17, 15) is 4.79 Å². The van der Waals surface area contributed by atoms with E-state index in [0.717, 1.165) is 25.2 Å². The number of rotatable bonds is 4. The predicted octanol–water partition coefficient (Wildman–Crippen LogP) is 2.01. The van der Waals surface area contributed by atoms with Gasteiger partial charge in [-0.25, -0.2) is 9.78 Å². The Morgan fingerprint density at radius 3 is 3.13 bits per heavy atom. The summed E-state index contributed by atoms with van der Waals surface area (Å²) in [6.45, 7) is 5.66. The maximum Gasteiger partial charge on any atom is 0.317 e. The van der Waals surface area contributed by atoms with Crippen LogP contribution in [-0.4, -0.2) is 44.1 Å².